The number of hydrogen-bond donors (Lipinski definition) is 0. The molecular weight excluding hydrogens is 517 g/mol. The van der Waals surface area contributed by atoms with E-state index in [1.807, 2.05) is 0 Å². The maximum Gasteiger partial charge on any atom is 0.452 e. The maximum atomic E-state index is 15.2. The van der Waals surface area contributed by atoms with Crippen molar-refractivity contribution >= 4 is 29.2 Å². The number of hydrogen-bond acceptors (Lipinski definition) is 6. The van der Waals surface area contributed by atoms with E-state index in [1.54, 1.807) is 6.92 Å². The number of methoxy groups -OCH3 is 1. The van der Waals surface area contributed by atoms with Gasteiger partial charge < -0.3 is 14.2 Å². The molecule has 0 amide bonds. The largest absolute Gasteiger partial charge is 0.495 e. The van der Waals surface area contributed by atoms with Gasteiger partial charge in [0.2, 0.25) is 5.82 Å². The van der Waals surface area contributed by atoms with Gasteiger partial charge in [-0.1, -0.05) is 23.2 Å². The summed E-state index contributed by atoms with van der Waals surface area (Å²) in [5, 5.41) is 6.96. The van der Waals surface area contributed by atoms with Crippen molar-refractivity contribution in [1.29, 1.82) is 0 Å². The lowest BCUT2D eigenvalue weighted by Gasteiger charge is -2.24. The second kappa shape index (κ2) is 9.63. The number of aromatic nitrogens is 3. The molecule has 1 unspecified atom stereocenters. The van der Waals surface area contributed by atoms with Crippen LogP contribution in [0.25, 0.3) is 5.69 Å². The third-order valence-corrected chi connectivity index (χ3v) is 5.90. The van der Waals surface area contributed by atoms with E-state index in [-0.39, 0.29) is 45.0 Å². The molecule has 0 radical (unpaired) electrons. The van der Waals surface area contributed by atoms with Crippen molar-refractivity contribution in [3.05, 3.63) is 69.0 Å². The minimum Gasteiger partial charge on any atom is -0.495 e. The van der Waals surface area contributed by atoms with Gasteiger partial charge in [0.25, 0.3) is 0 Å². The number of nitrogens with zero attached hydrogens (tertiary/aromatic N) is 3. The number of benzene rings is 2. The van der Waals surface area contributed by atoms with Crippen LogP contribution in [0, 0.1) is 5.82 Å². The van der Waals surface area contributed by atoms with Gasteiger partial charge in [-0.2, -0.15) is 13.2 Å². The molecule has 1 aliphatic rings. The van der Waals surface area contributed by atoms with Crippen LogP contribution in [0.2, 0.25) is 10.0 Å². The van der Waals surface area contributed by atoms with Gasteiger partial charge in [0.05, 0.1) is 30.8 Å². The first-order valence-electron chi connectivity index (χ1n) is 10.2. The van der Waals surface area contributed by atoms with Crippen molar-refractivity contribution in [3.63, 3.8) is 0 Å². The highest BCUT2D eigenvalue weighted by molar-refractivity contribution is 6.33. The van der Waals surface area contributed by atoms with Crippen molar-refractivity contribution in [1.82, 2.24) is 14.8 Å². The fourth-order valence-electron chi connectivity index (χ4n) is 3.84. The Morgan fingerprint density at radius 2 is 1.94 bits per heavy atom. The smallest absolute Gasteiger partial charge is 0.452 e. The fraction of sp³-hybridized carbons (Fsp3) is 0.318. The number of rotatable bonds is 5. The zero-order chi connectivity index (χ0) is 25.5. The second-order valence-electron chi connectivity index (χ2n) is 7.41. The van der Waals surface area contributed by atoms with E-state index in [4.69, 9.17) is 37.4 Å². The van der Waals surface area contributed by atoms with Gasteiger partial charge in [-0.15, -0.1) is 10.2 Å². The molecule has 0 saturated carbocycles. The highest BCUT2D eigenvalue weighted by Gasteiger charge is 2.44. The Morgan fingerprint density at radius 1 is 1.20 bits per heavy atom. The average Bonchev–Trinajstić information content (AvgIpc) is 3.19. The minimum absolute atomic E-state index is 0.0294. The summed E-state index contributed by atoms with van der Waals surface area (Å²) in [6.45, 7) is 1.60. The summed E-state index contributed by atoms with van der Waals surface area (Å²) in [6.07, 6.45) is -8.23. The maximum absolute atomic E-state index is 15.2. The number of ether oxygens (including phenoxy) is 3. The van der Waals surface area contributed by atoms with Crippen molar-refractivity contribution in [3.8, 4) is 11.4 Å². The van der Waals surface area contributed by atoms with E-state index < -0.39 is 42.4 Å². The molecule has 7 nitrogen and oxygen atoms in total. The van der Waals surface area contributed by atoms with Crippen LogP contribution in [0.3, 0.4) is 0 Å². The number of esters is 1. The van der Waals surface area contributed by atoms with Crippen molar-refractivity contribution < 1.29 is 36.6 Å². The Hall–Kier alpha value is -2.89. The molecule has 0 spiro atoms. The number of halogens is 6. The third-order valence-electron chi connectivity index (χ3n) is 5.27. The zero-order valence-corrected chi connectivity index (χ0v) is 19.7. The Kier molecular flexibility index (Phi) is 6.94. The molecule has 4 rings (SSSR count). The number of carbonyl (C=O) groups is 1. The minimum atomic E-state index is -4.91. The summed E-state index contributed by atoms with van der Waals surface area (Å²) in [6, 6.07) is 6.36. The van der Waals surface area contributed by atoms with Gasteiger partial charge in [-0.25, -0.2) is 4.39 Å². The first kappa shape index (κ1) is 25.2. The Balaban J connectivity index is 2.02. The normalized spacial score (nSPS) is 17.4. The van der Waals surface area contributed by atoms with Crippen molar-refractivity contribution in [2.75, 3.05) is 13.7 Å². The van der Waals surface area contributed by atoms with E-state index in [0.717, 1.165) is 10.6 Å². The van der Waals surface area contributed by atoms with Gasteiger partial charge in [0.1, 0.15) is 23.8 Å². The molecule has 0 fully saturated rings. The van der Waals surface area contributed by atoms with Crippen molar-refractivity contribution in [2.45, 2.75) is 31.7 Å². The molecule has 0 saturated heterocycles. The van der Waals surface area contributed by atoms with E-state index in [2.05, 4.69) is 10.2 Å². The first-order chi connectivity index (χ1) is 16.6. The molecular formula is C22H17Cl2F4N3O4. The molecule has 2 atom stereocenters. The van der Waals surface area contributed by atoms with Crippen LogP contribution in [-0.2, 0) is 20.4 Å². The van der Waals surface area contributed by atoms with E-state index in [1.165, 1.54) is 31.4 Å². The monoisotopic (exact) mass is 533 g/mol. The Bertz CT molecular complexity index is 1280. The molecule has 0 bridgehead atoms. The lowest BCUT2D eigenvalue weighted by molar-refractivity contribution is -0.147. The average molecular weight is 534 g/mol. The number of fused-ring (bicyclic) bond motifs is 3. The van der Waals surface area contributed by atoms with Crippen LogP contribution >= 0.6 is 23.2 Å². The molecule has 0 N–H and O–H groups in total. The summed E-state index contributed by atoms with van der Waals surface area (Å²) in [7, 11) is 1.32. The lowest BCUT2D eigenvalue weighted by Crippen LogP contribution is -2.18. The standard InChI is InChI=1S/C22H17Cl2F4N3O4/c1-3-34-16(32)9-15-20-29-30-21(22(26,27)28)31(20)13-6-4-10(23)8-11(13)19(35-15)17-12(25)5-7-14(33-2)18(17)24/h4-8,15,19H,3,9H2,1-2H3/t15-,19?/m1/s1. The van der Waals surface area contributed by atoms with Gasteiger partial charge in [-0.05, 0) is 37.3 Å². The summed E-state index contributed by atoms with van der Waals surface area (Å²) in [4.78, 5) is 12.3. The quantitative estimate of drug-likeness (QED) is 0.302. The van der Waals surface area contributed by atoms with Crippen LogP contribution < -0.4 is 4.74 Å². The second-order valence-corrected chi connectivity index (χ2v) is 8.22. The van der Waals surface area contributed by atoms with Crippen LogP contribution in [0.1, 0.15) is 48.3 Å². The van der Waals surface area contributed by atoms with Crippen LogP contribution in [0.5, 0.6) is 5.75 Å². The molecule has 2 aromatic carbocycles. The molecule has 13 heteroatoms. The molecule has 1 aliphatic heterocycles. The molecule has 2 heterocycles. The SMILES string of the molecule is CCOC(=O)C[C@H]1OC(c2c(F)ccc(OC)c2Cl)c2cc(Cl)ccc2-n2c1nnc2C(F)(F)F. The fourth-order valence-corrected chi connectivity index (χ4v) is 4.35. The number of alkyl halides is 3. The van der Waals surface area contributed by atoms with Crippen LogP contribution in [-0.4, -0.2) is 34.5 Å². The third kappa shape index (κ3) is 4.67. The summed E-state index contributed by atoms with van der Waals surface area (Å²) in [5.74, 6) is -3.14. The molecule has 0 aliphatic carbocycles. The molecule has 186 valence electrons. The number of carbonyl (C=O) groups excluding carboxylic acids is 1. The van der Waals surface area contributed by atoms with E-state index in [9.17, 15) is 18.0 Å². The Labute approximate surface area is 206 Å². The van der Waals surface area contributed by atoms with Crippen LogP contribution in [0.4, 0.5) is 17.6 Å². The molecule has 3 aromatic rings. The molecule has 1 aromatic heterocycles. The van der Waals surface area contributed by atoms with Crippen LogP contribution in [0.15, 0.2) is 30.3 Å². The van der Waals surface area contributed by atoms with Gasteiger partial charge in [0.15, 0.2) is 5.82 Å². The topological polar surface area (TPSA) is 75.5 Å². The highest BCUT2D eigenvalue weighted by atomic mass is 35.5. The predicted octanol–water partition coefficient (Wildman–Crippen LogP) is 5.85. The predicted molar refractivity (Wildman–Crippen MR) is 116 cm³/mol. The lowest BCUT2D eigenvalue weighted by atomic mass is 9.98. The molecule has 35 heavy (non-hydrogen) atoms. The summed E-state index contributed by atoms with van der Waals surface area (Å²) in [5.41, 5.74) is -0.239. The van der Waals surface area contributed by atoms with E-state index >= 15 is 4.39 Å². The highest BCUT2D eigenvalue weighted by Crippen LogP contribution is 2.47. The first-order valence-corrected chi connectivity index (χ1v) is 11.0. The van der Waals surface area contributed by atoms with Crippen molar-refractivity contribution in [2.24, 2.45) is 0 Å². The summed E-state index contributed by atoms with van der Waals surface area (Å²) < 4.78 is 73.8. The van der Waals surface area contributed by atoms with Gasteiger partial charge in [0, 0.05) is 16.1 Å². The van der Waals surface area contributed by atoms with E-state index in [0.29, 0.717) is 0 Å². The van der Waals surface area contributed by atoms with Gasteiger partial charge >= 0.3 is 12.1 Å². The Morgan fingerprint density at radius 3 is 2.60 bits per heavy atom. The zero-order valence-electron chi connectivity index (χ0n) is 18.2. The van der Waals surface area contributed by atoms with Gasteiger partial charge in [-0.3, -0.25) is 9.36 Å². The summed E-state index contributed by atoms with van der Waals surface area (Å²) >= 11 is 12.6.